The normalized spacial score (nSPS) is 13.2. The van der Waals surface area contributed by atoms with Crippen molar-refractivity contribution in [2.24, 2.45) is 0 Å². The number of fused-ring (bicyclic) bond motifs is 1. The van der Waals surface area contributed by atoms with Crippen molar-refractivity contribution >= 4 is 29.0 Å². The van der Waals surface area contributed by atoms with Crippen LogP contribution in [0.3, 0.4) is 0 Å². The van der Waals surface area contributed by atoms with Crippen LogP contribution >= 0.6 is 11.6 Å². The highest BCUT2D eigenvalue weighted by molar-refractivity contribution is 6.34. The van der Waals surface area contributed by atoms with Crippen LogP contribution in [0.25, 0.3) is 0 Å². The van der Waals surface area contributed by atoms with Crippen molar-refractivity contribution in [2.75, 3.05) is 23.8 Å². The van der Waals surface area contributed by atoms with Gasteiger partial charge in [0.05, 0.1) is 10.7 Å². The monoisotopic (exact) mass is 305 g/mol. The molecule has 1 aromatic carbocycles. The van der Waals surface area contributed by atoms with Gasteiger partial charge >= 0.3 is 0 Å². The zero-order chi connectivity index (χ0) is 15.0. The van der Waals surface area contributed by atoms with Crippen LogP contribution in [-0.2, 0) is 6.42 Å². The van der Waals surface area contributed by atoms with E-state index in [1.807, 2.05) is 0 Å². The topological polar surface area (TPSA) is 45.2 Å². The van der Waals surface area contributed by atoms with Crippen LogP contribution in [0, 0.1) is 5.82 Å². The maximum Gasteiger partial charge on any atom is 0.278 e. The SMILES string of the molecule is CNc1ccc(Cl)c(C(=O)N2CCc3ccc(F)cc32)n1. The van der Waals surface area contributed by atoms with E-state index in [9.17, 15) is 9.18 Å². The van der Waals surface area contributed by atoms with E-state index in [1.165, 1.54) is 17.0 Å². The Balaban J connectivity index is 2.00. The largest absolute Gasteiger partial charge is 0.373 e. The van der Waals surface area contributed by atoms with Crippen LogP contribution in [0.4, 0.5) is 15.9 Å². The second kappa shape index (κ2) is 5.33. The van der Waals surface area contributed by atoms with E-state index in [4.69, 9.17) is 11.6 Å². The average molecular weight is 306 g/mol. The van der Waals surface area contributed by atoms with Crippen molar-refractivity contribution in [2.45, 2.75) is 6.42 Å². The van der Waals surface area contributed by atoms with Gasteiger partial charge in [0.2, 0.25) is 0 Å². The number of pyridine rings is 1. The van der Waals surface area contributed by atoms with Gasteiger partial charge < -0.3 is 10.2 Å². The van der Waals surface area contributed by atoms with Gasteiger partial charge in [-0.15, -0.1) is 0 Å². The minimum absolute atomic E-state index is 0.167. The van der Waals surface area contributed by atoms with Gasteiger partial charge in [0.25, 0.3) is 5.91 Å². The van der Waals surface area contributed by atoms with E-state index in [0.717, 1.165) is 5.56 Å². The molecule has 2 heterocycles. The summed E-state index contributed by atoms with van der Waals surface area (Å²) in [5, 5.41) is 3.15. The third kappa shape index (κ3) is 2.45. The van der Waals surface area contributed by atoms with E-state index in [2.05, 4.69) is 10.3 Å². The second-order valence-electron chi connectivity index (χ2n) is 4.76. The number of hydrogen-bond acceptors (Lipinski definition) is 3. The maximum absolute atomic E-state index is 13.4. The van der Waals surface area contributed by atoms with Crippen LogP contribution in [0.2, 0.25) is 5.02 Å². The lowest BCUT2D eigenvalue weighted by Crippen LogP contribution is -2.30. The van der Waals surface area contributed by atoms with Crippen molar-refractivity contribution in [1.82, 2.24) is 4.98 Å². The van der Waals surface area contributed by atoms with Crippen LogP contribution in [0.1, 0.15) is 16.1 Å². The minimum atomic E-state index is -0.364. The Bertz CT molecular complexity index is 720. The standard InChI is InChI=1S/C15H13ClFN3O/c1-18-13-5-4-11(16)14(19-13)15(21)20-7-6-9-2-3-10(17)8-12(9)20/h2-5,8H,6-7H2,1H3,(H,18,19). The number of hydrogen-bond donors (Lipinski definition) is 1. The number of benzene rings is 1. The van der Waals surface area contributed by atoms with E-state index in [1.54, 1.807) is 25.2 Å². The number of nitrogens with zero attached hydrogens (tertiary/aromatic N) is 2. The summed E-state index contributed by atoms with van der Waals surface area (Å²) in [6.45, 7) is 0.499. The predicted molar refractivity (Wildman–Crippen MR) is 80.6 cm³/mol. The molecule has 21 heavy (non-hydrogen) atoms. The third-order valence-corrected chi connectivity index (χ3v) is 3.80. The molecule has 1 N–H and O–H groups in total. The van der Waals surface area contributed by atoms with Gasteiger partial charge in [-0.05, 0) is 36.2 Å². The van der Waals surface area contributed by atoms with Crippen LogP contribution in [0.15, 0.2) is 30.3 Å². The van der Waals surface area contributed by atoms with Crippen molar-refractivity contribution in [1.29, 1.82) is 0 Å². The smallest absolute Gasteiger partial charge is 0.278 e. The summed E-state index contributed by atoms with van der Waals surface area (Å²) < 4.78 is 13.4. The molecule has 0 saturated heterocycles. The van der Waals surface area contributed by atoms with Crippen LogP contribution < -0.4 is 10.2 Å². The number of nitrogens with one attached hydrogen (secondary N) is 1. The van der Waals surface area contributed by atoms with Crippen LogP contribution in [-0.4, -0.2) is 24.5 Å². The molecule has 0 saturated carbocycles. The first kappa shape index (κ1) is 13.8. The fraction of sp³-hybridized carbons (Fsp3) is 0.200. The highest BCUT2D eigenvalue weighted by atomic mass is 35.5. The summed E-state index contributed by atoms with van der Waals surface area (Å²) in [6.07, 6.45) is 0.699. The van der Waals surface area contributed by atoms with Crippen molar-refractivity contribution < 1.29 is 9.18 Å². The summed E-state index contributed by atoms with van der Waals surface area (Å²) in [7, 11) is 1.71. The number of carbonyl (C=O) groups is 1. The number of carbonyl (C=O) groups excluding carboxylic acids is 1. The Morgan fingerprint density at radius 1 is 1.38 bits per heavy atom. The third-order valence-electron chi connectivity index (χ3n) is 3.49. The zero-order valence-corrected chi connectivity index (χ0v) is 12.1. The van der Waals surface area contributed by atoms with Crippen molar-refractivity contribution in [3.8, 4) is 0 Å². The predicted octanol–water partition coefficient (Wildman–Crippen LogP) is 3.12. The lowest BCUT2D eigenvalue weighted by atomic mass is 10.1. The Labute approximate surface area is 126 Å². The van der Waals surface area contributed by atoms with E-state index < -0.39 is 0 Å². The van der Waals surface area contributed by atoms with E-state index >= 15 is 0 Å². The molecule has 6 heteroatoms. The van der Waals surface area contributed by atoms with Crippen molar-refractivity contribution in [3.63, 3.8) is 0 Å². The molecule has 0 fully saturated rings. The van der Waals surface area contributed by atoms with Gasteiger partial charge in [-0.2, -0.15) is 0 Å². The summed E-state index contributed by atoms with van der Waals surface area (Å²) in [5.41, 5.74) is 1.71. The summed E-state index contributed by atoms with van der Waals surface area (Å²) in [5.74, 6) is -0.126. The first-order valence-corrected chi connectivity index (χ1v) is 6.92. The highest BCUT2D eigenvalue weighted by Gasteiger charge is 2.28. The molecule has 2 aromatic rings. The molecular weight excluding hydrogens is 293 g/mol. The van der Waals surface area contributed by atoms with Gasteiger partial charge in [-0.3, -0.25) is 4.79 Å². The Morgan fingerprint density at radius 3 is 2.95 bits per heavy atom. The molecule has 108 valence electrons. The zero-order valence-electron chi connectivity index (χ0n) is 11.4. The second-order valence-corrected chi connectivity index (χ2v) is 5.16. The number of aromatic nitrogens is 1. The number of amides is 1. The first-order chi connectivity index (χ1) is 10.1. The molecule has 1 aliphatic rings. The molecular formula is C15H13ClFN3O. The van der Waals surface area contributed by atoms with Gasteiger partial charge in [0.15, 0.2) is 0 Å². The first-order valence-electron chi connectivity index (χ1n) is 6.55. The molecule has 1 amide bonds. The summed E-state index contributed by atoms with van der Waals surface area (Å²) >= 11 is 6.07. The Hall–Kier alpha value is -2.14. The molecule has 1 aliphatic heterocycles. The minimum Gasteiger partial charge on any atom is -0.373 e. The van der Waals surface area contributed by atoms with Crippen molar-refractivity contribution in [3.05, 3.63) is 52.4 Å². The number of halogens is 2. The molecule has 4 nitrogen and oxygen atoms in total. The van der Waals surface area contributed by atoms with E-state index in [0.29, 0.717) is 24.5 Å². The lowest BCUT2D eigenvalue weighted by molar-refractivity contribution is 0.0985. The molecule has 0 aliphatic carbocycles. The molecule has 1 aromatic heterocycles. The average Bonchev–Trinajstić information content (AvgIpc) is 2.90. The van der Waals surface area contributed by atoms with Gasteiger partial charge in [0.1, 0.15) is 17.3 Å². The molecule has 0 atom stereocenters. The van der Waals surface area contributed by atoms with Gasteiger partial charge in [-0.25, -0.2) is 9.37 Å². The van der Waals surface area contributed by atoms with Gasteiger partial charge in [-0.1, -0.05) is 17.7 Å². The van der Waals surface area contributed by atoms with Crippen LogP contribution in [0.5, 0.6) is 0 Å². The quantitative estimate of drug-likeness (QED) is 0.927. The molecule has 0 unspecified atom stereocenters. The Kier molecular flexibility index (Phi) is 3.51. The lowest BCUT2D eigenvalue weighted by Gasteiger charge is -2.18. The Morgan fingerprint density at radius 2 is 2.19 bits per heavy atom. The fourth-order valence-corrected chi connectivity index (χ4v) is 2.61. The molecule has 0 spiro atoms. The fourth-order valence-electron chi connectivity index (χ4n) is 2.42. The molecule has 3 rings (SSSR count). The molecule has 0 radical (unpaired) electrons. The number of rotatable bonds is 2. The van der Waals surface area contributed by atoms with Gasteiger partial charge in [0, 0.05) is 13.6 Å². The summed E-state index contributed by atoms with van der Waals surface area (Å²) in [4.78, 5) is 18.4. The molecule has 0 bridgehead atoms. The highest BCUT2D eigenvalue weighted by Crippen LogP contribution is 2.31. The maximum atomic E-state index is 13.4. The summed E-state index contributed by atoms with van der Waals surface area (Å²) in [6, 6.07) is 7.79. The number of anilines is 2. The van der Waals surface area contributed by atoms with E-state index in [-0.39, 0.29) is 22.4 Å².